The van der Waals surface area contributed by atoms with Crippen LogP contribution in [0.1, 0.15) is 17.0 Å². The molecule has 1 saturated heterocycles. The van der Waals surface area contributed by atoms with E-state index < -0.39 is 0 Å². The van der Waals surface area contributed by atoms with Crippen molar-refractivity contribution in [2.24, 2.45) is 0 Å². The van der Waals surface area contributed by atoms with E-state index in [1.165, 1.54) is 5.56 Å². The summed E-state index contributed by atoms with van der Waals surface area (Å²) in [6.07, 6.45) is 1.80. The van der Waals surface area contributed by atoms with Crippen LogP contribution in [0.3, 0.4) is 0 Å². The van der Waals surface area contributed by atoms with Crippen LogP contribution in [0, 0.1) is 6.92 Å². The predicted octanol–water partition coefficient (Wildman–Crippen LogP) is 1.70. The molecule has 6 nitrogen and oxygen atoms in total. The van der Waals surface area contributed by atoms with Crippen molar-refractivity contribution < 1.29 is 9.26 Å². The van der Waals surface area contributed by atoms with Crippen molar-refractivity contribution in [3.8, 4) is 5.88 Å². The smallest absolute Gasteiger partial charge is 0.213 e. The topological polar surface area (TPSA) is 54.6 Å². The lowest BCUT2D eigenvalue weighted by atomic mass is 10.2. The highest BCUT2D eigenvalue weighted by Gasteiger charge is 2.18. The fourth-order valence-electron chi connectivity index (χ4n) is 2.75. The minimum atomic E-state index is 0.678. The maximum absolute atomic E-state index is 5.18. The van der Waals surface area contributed by atoms with Gasteiger partial charge in [0.2, 0.25) is 5.88 Å². The van der Waals surface area contributed by atoms with Gasteiger partial charge in [0.25, 0.3) is 0 Å². The van der Waals surface area contributed by atoms with E-state index in [9.17, 15) is 0 Å². The zero-order valence-corrected chi connectivity index (χ0v) is 13.2. The van der Waals surface area contributed by atoms with Crippen LogP contribution >= 0.6 is 0 Å². The monoisotopic (exact) mass is 302 g/mol. The summed E-state index contributed by atoms with van der Waals surface area (Å²) in [4.78, 5) is 9.02. The summed E-state index contributed by atoms with van der Waals surface area (Å²) in [5, 5.41) is 4.06. The number of rotatable bonds is 5. The van der Waals surface area contributed by atoms with E-state index in [1.807, 2.05) is 25.1 Å². The Balaban J connectivity index is 1.49. The Morgan fingerprint density at radius 1 is 1.14 bits per heavy atom. The van der Waals surface area contributed by atoms with Crippen molar-refractivity contribution >= 4 is 0 Å². The third-order valence-electron chi connectivity index (χ3n) is 3.94. The predicted molar refractivity (Wildman–Crippen MR) is 82.6 cm³/mol. The maximum Gasteiger partial charge on any atom is 0.213 e. The SMILES string of the molecule is COc1cc(CN2CCN(Cc3cc(C)on3)CC2)ccn1. The Morgan fingerprint density at radius 3 is 2.50 bits per heavy atom. The number of aryl methyl sites for hydroxylation is 1. The molecule has 2 aromatic heterocycles. The molecule has 1 aliphatic heterocycles. The molecule has 0 amide bonds. The Kier molecular flexibility index (Phi) is 4.70. The number of pyridine rings is 1. The van der Waals surface area contributed by atoms with Crippen LogP contribution in [0.15, 0.2) is 28.9 Å². The molecule has 0 aromatic carbocycles. The zero-order chi connectivity index (χ0) is 15.4. The van der Waals surface area contributed by atoms with Crippen molar-refractivity contribution in [1.29, 1.82) is 0 Å². The van der Waals surface area contributed by atoms with Gasteiger partial charge in [0.05, 0.1) is 12.8 Å². The first kappa shape index (κ1) is 15.0. The van der Waals surface area contributed by atoms with Crippen LogP contribution in [0.4, 0.5) is 0 Å². The second kappa shape index (κ2) is 6.89. The number of aromatic nitrogens is 2. The third kappa shape index (κ3) is 3.84. The van der Waals surface area contributed by atoms with E-state index >= 15 is 0 Å². The summed E-state index contributed by atoms with van der Waals surface area (Å²) in [7, 11) is 1.65. The first-order valence-corrected chi connectivity index (χ1v) is 7.59. The zero-order valence-electron chi connectivity index (χ0n) is 13.2. The number of hydrogen-bond donors (Lipinski definition) is 0. The standard InChI is InChI=1S/C16H22N4O2/c1-13-9-15(18-22-13)12-20-7-5-19(6-8-20)11-14-3-4-17-16(10-14)21-2/h3-4,9-10H,5-8,11-12H2,1-2H3. The molecule has 118 valence electrons. The number of hydrogen-bond acceptors (Lipinski definition) is 6. The van der Waals surface area contributed by atoms with E-state index in [2.05, 4.69) is 19.9 Å². The molecule has 3 rings (SSSR count). The minimum absolute atomic E-state index is 0.678. The van der Waals surface area contributed by atoms with Gasteiger partial charge in [-0.15, -0.1) is 0 Å². The Hall–Kier alpha value is -1.92. The molecular formula is C16H22N4O2. The van der Waals surface area contributed by atoms with Crippen molar-refractivity contribution in [2.45, 2.75) is 20.0 Å². The van der Waals surface area contributed by atoms with E-state index in [0.29, 0.717) is 5.88 Å². The first-order chi connectivity index (χ1) is 10.7. The Labute approximate surface area is 130 Å². The van der Waals surface area contributed by atoms with Gasteiger partial charge in [-0.05, 0) is 18.6 Å². The molecule has 22 heavy (non-hydrogen) atoms. The summed E-state index contributed by atoms with van der Waals surface area (Å²) in [5.74, 6) is 1.55. The number of nitrogens with zero attached hydrogens (tertiary/aromatic N) is 4. The highest BCUT2D eigenvalue weighted by Crippen LogP contribution is 2.14. The molecule has 3 heterocycles. The fourth-order valence-corrected chi connectivity index (χ4v) is 2.75. The molecule has 1 fully saturated rings. The normalized spacial score (nSPS) is 16.8. The van der Waals surface area contributed by atoms with E-state index in [4.69, 9.17) is 9.26 Å². The lowest BCUT2D eigenvalue weighted by Gasteiger charge is -2.34. The summed E-state index contributed by atoms with van der Waals surface area (Å²) < 4.78 is 10.3. The average Bonchev–Trinajstić information content (AvgIpc) is 2.94. The quantitative estimate of drug-likeness (QED) is 0.838. The lowest BCUT2D eigenvalue weighted by Crippen LogP contribution is -2.45. The van der Waals surface area contributed by atoms with Gasteiger partial charge < -0.3 is 9.26 Å². The fraction of sp³-hybridized carbons (Fsp3) is 0.500. The average molecular weight is 302 g/mol. The van der Waals surface area contributed by atoms with Crippen LogP contribution in [0.5, 0.6) is 5.88 Å². The van der Waals surface area contributed by atoms with Gasteiger partial charge in [-0.1, -0.05) is 5.16 Å². The van der Waals surface area contributed by atoms with Gasteiger partial charge in [0.15, 0.2) is 0 Å². The van der Waals surface area contributed by atoms with Gasteiger partial charge in [-0.3, -0.25) is 9.80 Å². The van der Waals surface area contributed by atoms with E-state index in [0.717, 1.165) is 50.7 Å². The van der Waals surface area contributed by atoms with E-state index in [-0.39, 0.29) is 0 Å². The molecule has 0 radical (unpaired) electrons. The lowest BCUT2D eigenvalue weighted by molar-refractivity contribution is 0.120. The minimum Gasteiger partial charge on any atom is -0.481 e. The molecule has 0 atom stereocenters. The van der Waals surface area contributed by atoms with Crippen LogP contribution < -0.4 is 4.74 Å². The van der Waals surface area contributed by atoms with Crippen molar-refractivity contribution in [1.82, 2.24) is 19.9 Å². The summed E-state index contributed by atoms with van der Waals surface area (Å²) in [5.41, 5.74) is 2.26. The summed E-state index contributed by atoms with van der Waals surface area (Å²) in [6, 6.07) is 6.06. The van der Waals surface area contributed by atoms with Crippen molar-refractivity contribution in [2.75, 3.05) is 33.3 Å². The molecular weight excluding hydrogens is 280 g/mol. The molecule has 0 unspecified atom stereocenters. The van der Waals surface area contributed by atoms with Gasteiger partial charge in [0.1, 0.15) is 5.76 Å². The molecule has 0 saturated carbocycles. The second-order valence-corrected chi connectivity index (χ2v) is 5.69. The number of methoxy groups -OCH3 is 1. The molecule has 6 heteroatoms. The van der Waals surface area contributed by atoms with Crippen molar-refractivity contribution in [3.63, 3.8) is 0 Å². The van der Waals surface area contributed by atoms with Crippen LogP contribution in [0.2, 0.25) is 0 Å². The van der Waals surface area contributed by atoms with Crippen LogP contribution in [-0.2, 0) is 13.1 Å². The number of ether oxygens (including phenoxy) is 1. The summed E-state index contributed by atoms with van der Waals surface area (Å²) >= 11 is 0. The first-order valence-electron chi connectivity index (χ1n) is 7.59. The maximum atomic E-state index is 5.18. The third-order valence-corrected chi connectivity index (χ3v) is 3.94. The van der Waals surface area contributed by atoms with E-state index in [1.54, 1.807) is 13.3 Å². The van der Waals surface area contributed by atoms with Crippen LogP contribution in [0.25, 0.3) is 0 Å². The number of piperazine rings is 1. The Bertz CT molecular complexity index is 606. The molecule has 0 bridgehead atoms. The van der Waals surface area contributed by atoms with Gasteiger partial charge >= 0.3 is 0 Å². The molecule has 2 aromatic rings. The highest BCUT2D eigenvalue weighted by molar-refractivity contribution is 5.20. The molecule has 0 spiro atoms. The van der Waals surface area contributed by atoms with Crippen molar-refractivity contribution in [3.05, 3.63) is 41.4 Å². The molecule has 0 N–H and O–H groups in total. The van der Waals surface area contributed by atoms with Gasteiger partial charge in [0, 0.05) is 57.6 Å². The molecule has 1 aliphatic rings. The Morgan fingerprint density at radius 2 is 1.86 bits per heavy atom. The highest BCUT2D eigenvalue weighted by atomic mass is 16.5. The van der Waals surface area contributed by atoms with Crippen LogP contribution in [-0.4, -0.2) is 53.2 Å². The van der Waals surface area contributed by atoms with Gasteiger partial charge in [-0.2, -0.15) is 0 Å². The second-order valence-electron chi connectivity index (χ2n) is 5.69. The molecule has 0 aliphatic carbocycles. The summed E-state index contributed by atoms with van der Waals surface area (Å²) in [6.45, 7) is 7.95. The largest absolute Gasteiger partial charge is 0.481 e. The van der Waals surface area contributed by atoms with Gasteiger partial charge in [-0.25, -0.2) is 4.98 Å².